The zero-order chi connectivity index (χ0) is 9.52. The zero-order valence-electron chi connectivity index (χ0n) is 8.29. The average Bonchev–Trinajstić information content (AvgIpc) is 2.51. The summed E-state index contributed by atoms with van der Waals surface area (Å²) in [7, 11) is 1.71. The Balaban J connectivity index is 2.06. The van der Waals surface area contributed by atoms with Gasteiger partial charge < -0.3 is 10.1 Å². The van der Waals surface area contributed by atoms with Gasteiger partial charge in [0.15, 0.2) is 0 Å². The fraction of sp³-hybridized carbons (Fsp3) is 0.667. The monoisotopic (exact) mass is 183 g/mol. The number of nitrogens with one attached hydrogen (secondary N) is 1. The van der Waals surface area contributed by atoms with E-state index in [9.17, 15) is 0 Å². The van der Waals surface area contributed by atoms with Gasteiger partial charge in [-0.3, -0.25) is 4.68 Å². The van der Waals surface area contributed by atoms with Crippen LogP contribution in [-0.4, -0.2) is 36.6 Å². The van der Waals surface area contributed by atoms with E-state index in [-0.39, 0.29) is 0 Å². The van der Waals surface area contributed by atoms with Gasteiger partial charge in [-0.2, -0.15) is 5.10 Å². The summed E-state index contributed by atoms with van der Waals surface area (Å²) in [6, 6.07) is 0. The van der Waals surface area contributed by atoms with E-state index >= 15 is 0 Å². The predicted octanol–water partition coefficient (Wildman–Crippen LogP) is 0.428. The molecule has 0 amide bonds. The highest BCUT2D eigenvalue weighted by Gasteiger charge is 1.92. The van der Waals surface area contributed by atoms with E-state index in [0.717, 1.165) is 26.2 Å². The molecule has 0 spiro atoms. The maximum absolute atomic E-state index is 4.91. The van der Waals surface area contributed by atoms with Crippen molar-refractivity contribution >= 4 is 0 Å². The molecule has 13 heavy (non-hydrogen) atoms. The summed E-state index contributed by atoms with van der Waals surface area (Å²) >= 11 is 0. The third-order valence-electron chi connectivity index (χ3n) is 1.76. The molecule has 0 aliphatic carbocycles. The second-order valence-electron chi connectivity index (χ2n) is 3.02. The van der Waals surface area contributed by atoms with Crippen LogP contribution in [0.2, 0.25) is 0 Å². The van der Waals surface area contributed by atoms with E-state index in [0.29, 0.717) is 0 Å². The molecule has 0 aliphatic heterocycles. The molecule has 74 valence electrons. The minimum atomic E-state index is 0.762. The Hall–Kier alpha value is -0.870. The van der Waals surface area contributed by atoms with E-state index in [1.165, 1.54) is 5.56 Å². The molecular weight excluding hydrogens is 166 g/mol. The molecule has 1 aromatic rings. The van der Waals surface area contributed by atoms with E-state index < -0.39 is 0 Å². The maximum Gasteiger partial charge on any atom is 0.0587 e. The highest BCUT2D eigenvalue weighted by atomic mass is 16.5. The van der Waals surface area contributed by atoms with Gasteiger partial charge in [0.25, 0.3) is 0 Å². The number of ether oxygens (including phenoxy) is 1. The number of methoxy groups -OCH3 is 1. The van der Waals surface area contributed by atoms with Crippen LogP contribution in [0.1, 0.15) is 5.56 Å². The van der Waals surface area contributed by atoms with Gasteiger partial charge in [0.1, 0.15) is 0 Å². The summed E-state index contributed by atoms with van der Waals surface area (Å²) < 4.78 is 6.85. The molecule has 0 saturated carbocycles. The van der Waals surface area contributed by atoms with Crippen molar-refractivity contribution in [3.8, 4) is 0 Å². The third-order valence-corrected chi connectivity index (χ3v) is 1.76. The molecule has 0 radical (unpaired) electrons. The van der Waals surface area contributed by atoms with Crippen LogP contribution in [0.15, 0.2) is 12.4 Å². The molecule has 0 bridgehead atoms. The van der Waals surface area contributed by atoms with Crippen molar-refractivity contribution in [3.63, 3.8) is 0 Å². The van der Waals surface area contributed by atoms with Crippen molar-refractivity contribution in [2.24, 2.45) is 0 Å². The number of aromatic nitrogens is 2. The Morgan fingerprint density at radius 1 is 1.54 bits per heavy atom. The van der Waals surface area contributed by atoms with Crippen molar-refractivity contribution in [1.82, 2.24) is 15.1 Å². The highest BCUT2D eigenvalue weighted by molar-refractivity contribution is 4.99. The number of rotatable bonds is 6. The smallest absolute Gasteiger partial charge is 0.0587 e. The van der Waals surface area contributed by atoms with Crippen molar-refractivity contribution in [3.05, 3.63) is 18.0 Å². The molecule has 4 heteroatoms. The van der Waals surface area contributed by atoms with Crippen LogP contribution in [0.5, 0.6) is 0 Å². The normalized spacial score (nSPS) is 10.6. The Morgan fingerprint density at radius 2 is 2.38 bits per heavy atom. The first-order valence-corrected chi connectivity index (χ1v) is 4.51. The molecule has 1 rings (SSSR count). The summed E-state index contributed by atoms with van der Waals surface area (Å²) in [5.74, 6) is 0. The molecule has 0 unspecified atom stereocenters. The van der Waals surface area contributed by atoms with E-state index in [1.54, 1.807) is 7.11 Å². The molecule has 0 aromatic carbocycles. The molecule has 1 aromatic heterocycles. The lowest BCUT2D eigenvalue weighted by Crippen LogP contribution is -2.23. The fourth-order valence-corrected chi connectivity index (χ4v) is 1.08. The van der Waals surface area contributed by atoms with Crippen LogP contribution in [0, 0.1) is 6.92 Å². The first-order valence-electron chi connectivity index (χ1n) is 4.51. The number of hydrogen-bond acceptors (Lipinski definition) is 3. The SMILES string of the molecule is COCCNCCn1cc(C)cn1. The highest BCUT2D eigenvalue weighted by Crippen LogP contribution is 1.92. The van der Waals surface area contributed by atoms with Crippen molar-refractivity contribution < 1.29 is 4.74 Å². The Morgan fingerprint density at radius 3 is 3.00 bits per heavy atom. The lowest BCUT2D eigenvalue weighted by molar-refractivity contribution is 0.199. The summed E-state index contributed by atoms with van der Waals surface area (Å²) in [5.41, 5.74) is 1.21. The first kappa shape index (κ1) is 10.2. The van der Waals surface area contributed by atoms with Gasteiger partial charge in [0.2, 0.25) is 0 Å². The van der Waals surface area contributed by atoms with Crippen LogP contribution in [-0.2, 0) is 11.3 Å². The quantitative estimate of drug-likeness (QED) is 0.650. The summed E-state index contributed by atoms with van der Waals surface area (Å²) in [6.45, 7) is 5.55. The molecule has 1 heterocycles. The van der Waals surface area contributed by atoms with Gasteiger partial charge in [-0.1, -0.05) is 0 Å². The molecule has 0 saturated heterocycles. The number of nitrogens with zero attached hydrogens (tertiary/aromatic N) is 2. The topological polar surface area (TPSA) is 39.1 Å². The van der Waals surface area contributed by atoms with Crippen LogP contribution in [0.3, 0.4) is 0 Å². The molecule has 0 fully saturated rings. The lowest BCUT2D eigenvalue weighted by Gasteiger charge is -2.03. The average molecular weight is 183 g/mol. The van der Waals surface area contributed by atoms with Crippen LogP contribution >= 0.6 is 0 Å². The zero-order valence-corrected chi connectivity index (χ0v) is 8.29. The third kappa shape index (κ3) is 4.05. The number of hydrogen-bond donors (Lipinski definition) is 1. The van der Waals surface area contributed by atoms with Gasteiger partial charge in [-0.15, -0.1) is 0 Å². The largest absolute Gasteiger partial charge is 0.383 e. The van der Waals surface area contributed by atoms with Gasteiger partial charge in [-0.25, -0.2) is 0 Å². The van der Waals surface area contributed by atoms with E-state index in [1.807, 2.05) is 24.0 Å². The van der Waals surface area contributed by atoms with Gasteiger partial charge in [0.05, 0.1) is 19.3 Å². The summed E-state index contributed by atoms with van der Waals surface area (Å²) in [6.07, 6.45) is 3.91. The van der Waals surface area contributed by atoms with Crippen molar-refractivity contribution in [2.45, 2.75) is 13.5 Å². The standard InChI is InChI=1S/C9H17N3O/c1-9-7-11-12(8-9)5-3-10-4-6-13-2/h7-8,10H,3-6H2,1-2H3. The maximum atomic E-state index is 4.91. The molecule has 0 atom stereocenters. The second-order valence-corrected chi connectivity index (χ2v) is 3.02. The minimum Gasteiger partial charge on any atom is -0.383 e. The Bertz CT molecular complexity index is 235. The fourth-order valence-electron chi connectivity index (χ4n) is 1.08. The van der Waals surface area contributed by atoms with Crippen molar-refractivity contribution in [2.75, 3.05) is 26.8 Å². The van der Waals surface area contributed by atoms with Gasteiger partial charge in [0, 0.05) is 26.4 Å². The summed E-state index contributed by atoms with van der Waals surface area (Å²) in [5, 5.41) is 7.44. The van der Waals surface area contributed by atoms with Gasteiger partial charge in [-0.05, 0) is 12.5 Å². The van der Waals surface area contributed by atoms with Gasteiger partial charge >= 0.3 is 0 Å². The first-order chi connectivity index (χ1) is 6.33. The minimum absolute atomic E-state index is 0.762. The molecule has 1 N–H and O–H groups in total. The Labute approximate surface area is 78.9 Å². The molecule has 4 nitrogen and oxygen atoms in total. The van der Waals surface area contributed by atoms with E-state index in [4.69, 9.17) is 4.74 Å². The van der Waals surface area contributed by atoms with E-state index in [2.05, 4.69) is 10.4 Å². The van der Waals surface area contributed by atoms with Crippen LogP contribution < -0.4 is 5.32 Å². The number of aryl methyl sites for hydroxylation is 1. The predicted molar refractivity (Wildman–Crippen MR) is 51.7 cm³/mol. The second kappa shape index (κ2) is 5.72. The summed E-state index contributed by atoms with van der Waals surface area (Å²) in [4.78, 5) is 0. The molecule has 0 aliphatic rings. The van der Waals surface area contributed by atoms with Crippen LogP contribution in [0.4, 0.5) is 0 Å². The van der Waals surface area contributed by atoms with Crippen LogP contribution in [0.25, 0.3) is 0 Å². The van der Waals surface area contributed by atoms with Crippen molar-refractivity contribution in [1.29, 1.82) is 0 Å². The Kier molecular flexibility index (Phi) is 4.49. The molecular formula is C9H17N3O. The lowest BCUT2D eigenvalue weighted by atomic mass is 10.4.